The molecule has 0 radical (unpaired) electrons. The van der Waals surface area contributed by atoms with Crippen LogP contribution in [-0.4, -0.2) is 26.6 Å². The maximum Gasteiger partial charge on any atom is 0.275 e. The Hall–Kier alpha value is -2.33. The van der Waals surface area contributed by atoms with Crippen molar-refractivity contribution in [2.75, 3.05) is 20.7 Å². The van der Waals surface area contributed by atoms with Gasteiger partial charge in [-0.3, -0.25) is 4.79 Å². The second kappa shape index (κ2) is 8.34. The van der Waals surface area contributed by atoms with E-state index < -0.39 is 0 Å². The van der Waals surface area contributed by atoms with Gasteiger partial charge in [-0.15, -0.1) is 0 Å². The molecule has 2 N–H and O–H groups in total. The lowest BCUT2D eigenvalue weighted by molar-refractivity contribution is -0.885. The molecular formula is C19H25N2O2+. The van der Waals surface area contributed by atoms with Crippen LogP contribution >= 0.6 is 0 Å². The van der Waals surface area contributed by atoms with Crippen LogP contribution in [0.1, 0.15) is 24.1 Å². The van der Waals surface area contributed by atoms with Gasteiger partial charge in [0.1, 0.15) is 12.3 Å². The fraction of sp³-hybridized carbons (Fsp3) is 0.316. The van der Waals surface area contributed by atoms with Gasteiger partial charge in [0, 0.05) is 5.56 Å². The fourth-order valence-corrected chi connectivity index (χ4v) is 2.55. The third-order valence-electron chi connectivity index (χ3n) is 3.80. The van der Waals surface area contributed by atoms with Gasteiger partial charge in [0.05, 0.1) is 20.2 Å². The van der Waals surface area contributed by atoms with Gasteiger partial charge >= 0.3 is 0 Å². The van der Waals surface area contributed by atoms with Crippen molar-refractivity contribution in [3.63, 3.8) is 0 Å². The standard InChI is InChI=1S/C19H24N2O2/c1-15(17-7-5-4-6-8-17)20-19(22)14-21(2)13-16-9-11-18(23-3)12-10-16/h4-12,15H,13-14H2,1-3H3,(H,20,22)/p+1/t15-/m1/s1. The molecule has 0 aromatic heterocycles. The van der Waals surface area contributed by atoms with E-state index in [0.717, 1.165) is 22.8 Å². The zero-order valence-corrected chi connectivity index (χ0v) is 14.0. The first-order chi connectivity index (χ1) is 11.1. The normalized spacial score (nSPS) is 13.2. The molecular weight excluding hydrogens is 288 g/mol. The summed E-state index contributed by atoms with van der Waals surface area (Å²) < 4.78 is 5.15. The molecule has 0 saturated heterocycles. The molecule has 23 heavy (non-hydrogen) atoms. The first-order valence-corrected chi connectivity index (χ1v) is 7.87. The zero-order valence-electron chi connectivity index (χ0n) is 14.0. The van der Waals surface area contributed by atoms with Crippen molar-refractivity contribution in [2.24, 2.45) is 0 Å². The Labute approximate surface area is 138 Å². The van der Waals surface area contributed by atoms with Crippen LogP contribution < -0.4 is 15.0 Å². The second-order valence-electron chi connectivity index (χ2n) is 5.86. The van der Waals surface area contributed by atoms with E-state index in [4.69, 9.17) is 4.74 Å². The monoisotopic (exact) mass is 313 g/mol. The van der Waals surface area contributed by atoms with Crippen molar-refractivity contribution in [3.8, 4) is 5.75 Å². The van der Waals surface area contributed by atoms with E-state index in [1.807, 2.05) is 68.6 Å². The largest absolute Gasteiger partial charge is 0.497 e. The van der Waals surface area contributed by atoms with Crippen LogP contribution in [0.3, 0.4) is 0 Å². The number of ether oxygens (including phenoxy) is 1. The van der Waals surface area contributed by atoms with Crippen molar-refractivity contribution in [1.82, 2.24) is 5.32 Å². The van der Waals surface area contributed by atoms with Gasteiger partial charge in [-0.25, -0.2) is 0 Å². The number of hydrogen-bond donors (Lipinski definition) is 2. The average molecular weight is 313 g/mol. The summed E-state index contributed by atoms with van der Waals surface area (Å²) in [6, 6.07) is 18.0. The van der Waals surface area contributed by atoms with E-state index in [2.05, 4.69) is 5.32 Å². The molecule has 0 spiro atoms. The number of carbonyl (C=O) groups is 1. The van der Waals surface area contributed by atoms with Crippen molar-refractivity contribution in [2.45, 2.75) is 19.5 Å². The number of rotatable bonds is 7. The molecule has 122 valence electrons. The molecule has 1 amide bonds. The number of likely N-dealkylation sites (N-methyl/N-ethyl adjacent to an activating group) is 1. The van der Waals surface area contributed by atoms with Gasteiger partial charge in [0.15, 0.2) is 6.54 Å². The molecule has 0 aliphatic heterocycles. The van der Waals surface area contributed by atoms with Crippen LogP contribution in [0.4, 0.5) is 0 Å². The van der Waals surface area contributed by atoms with Gasteiger partial charge in [-0.2, -0.15) is 0 Å². The Morgan fingerprint density at radius 1 is 1.13 bits per heavy atom. The molecule has 2 atom stereocenters. The van der Waals surface area contributed by atoms with Crippen LogP contribution in [0.15, 0.2) is 54.6 Å². The third-order valence-corrected chi connectivity index (χ3v) is 3.80. The minimum absolute atomic E-state index is 0.0255. The smallest absolute Gasteiger partial charge is 0.275 e. The average Bonchev–Trinajstić information content (AvgIpc) is 2.56. The van der Waals surface area contributed by atoms with Crippen LogP contribution in [0, 0.1) is 0 Å². The van der Waals surface area contributed by atoms with Gasteiger partial charge in [0.25, 0.3) is 5.91 Å². The summed E-state index contributed by atoms with van der Waals surface area (Å²) in [5.41, 5.74) is 2.31. The van der Waals surface area contributed by atoms with E-state index in [1.54, 1.807) is 7.11 Å². The van der Waals surface area contributed by atoms with E-state index in [0.29, 0.717) is 6.54 Å². The van der Waals surface area contributed by atoms with Gasteiger partial charge in [-0.05, 0) is 36.8 Å². The molecule has 0 fully saturated rings. The van der Waals surface area contributed by atoms with Crippen molar-refractivity contribution >= 4 is 5.91 Å². The molecule has 2 rings (SSSR count). The SMILES string of the molecule is COc1ccc(C[NH+](C)CC(=O)N[C@H](C)c2ccccc2)cc1. The molecule has 1 unspecified atom stereocenters. The molecule has 0 saturated carbocycles. The maximum absolute atomic E-state index is 12.2. The summed E-state index contributed by atoms with van der Waals surface area (Å²) >= 11 is 0. The molecule has 2 aromatic carbocycles. The molecule has 2 aromatic rings. The number of methoxy groups -OCH3 is 1. The van der Waals surface area contributed by atoms with Crippen LogP contribution in [0.25, 0.3) is 0 Å². The Morgan fingerprint density at radius 3 is 2.39 bits per heavy atom. The lowest BCUT2D eigenvalue weighted by atomic mass is 10.1. The molecule has 0 heterocycles. The summed E-state index contributed by atoms with van der Waals surface area (Å²) in [4.78, 5) is 13.3. The highest BCUT2D eigenvalue weighted by molar-refractivity contribution is 5.77. The Morgan fingerprint density at radius 2 is 1.78 bits per heavy atom. The molecule has 4 heteroatoms. The summed E-state index contributed by atoms with van der Waals surface area (Å²) in [5, 5.41) is 3.05. The summed E-state index contributed by atoms with van der Waals surface area (Å²) in [6.45, 7) is 3.26. The maximum atomic E-state index is 12.2. The Kier molecular flexibility index (Phi) is 6.18. The lowest BCUT2D eigenvalue weighted by Crippen LogP contribution is -3.08. The van der Waals surface area contributed by atoms with Crippen molar-refractivity contribution in [1.29, 1.82) is 0 Å². The van der Waals surface area contributed by atoms with Crippen LogP contribution in [-0.2, 0) is 11.3 Å². The number of carbonyl (C=O) groups excluding carboxylic acids is 1. The predicted molar refractivity (Wildman–Crippen MR) is 91.5 cm³/mol. The van der Waals surface area contributed by atoms with Gasteiger partial charge in [0.2, 0.25) is 0 Å². The van der Waals surface area contributed by atoms with Gasteiger partial charge in [-0.1, -0.05) is 30.3 Å². The number of amides is 1. The van der Waals surface area contributed by atoms with E-state index in [1.165, 1.54) is 5.56 Å². The second-order valence-corrected chi connectivity index (χ2v) is 5.86. The Balaban J connectivity index is 1.82. The van der Waals surface area contributed by atoms with E-state index >= 15 is 0 Å². The minimum Gasteiger partial charge on any atom is -0.497 e. The molecule has 0 aliphatic carbocycles. The highest BCUT2D eigenvalue weighted by Gasteiger charge is 2.14. The highest BCUT2D eigenvalue weighted by Crippen LogP contribution is 2.11. The van der Waals surface area contributed by atoms with E-state index in [-0.39, 0.29) is 11.9 Å². The van der Waals surface area contributed by atoms with Gasteiger partial charge < -0.3 is 15.0 Å². The third kappa shape index (κ3) is 5.42. The number of quaternary nitrogens is 1. The number of benzene rings is 2. The fourth-order valence-electron chi connectivity index (χ4n) is 2.55. The Bertz CT molecular complexity index is 611. The van der Waals surface area contributed by atoms with Crippen LogP contribution in [0.2, 0.25) is 0 Å². The summed E-state index contributed by atoms with van der Waals surface area (Å²) in [5.74, 6) is 0.910. The summed E-state index contributed by atoms with van der Waals surface area (Å²) in [6.07, 6.45) is 0. The topological polar surface area (TPSA) is 42.8 Å². The minimum atomic E-state index is 0.0255. The number of nitrogens with one attached hydrogen (secondary N) is 2. The molecule has 0 bridgehead atoms. The predicted octanol–water partition coefficient (Wildman–Crippen LogP) is 1.59. The van der Waals surface area contributed by atoms with Crippen molar-refractivity contribution in [3.05, 3.63) is 65.7 Å². The lowest BCUT2D eigenvalue weighted by Gasteiger charge is -2.17. The highest BCUT2D eigenvalue weighted by atomic mass is 16.5. The van der Waals surface area contributed by atoms with Crippen molar-refractivity contribution < 1.29 is 14.4 Å². The van der Waals surface area contributed by atoms with E-state index in [9.17, 15) is 4.79 Å². The molecule has 4 nitrogen and oxygen atoms in total. The quantitative estimate of drug-likeness (QED) is 0.815. The molecule has 0 aliphatic rings. The first-order valence-electron chi connectivity index (χ1n) is 7.87. The van der Waals surface area contributed by atoms with Crippen LogP contribution in [0.5, 0.6) is 5.75 Å². The number of hydrogen-bond acceptors (Lipinski definition) is 2. The zero-order chi connectivity index (χ0) is 16.7. The summed E-state index contributed by atoms with van der Waals surface area (Å²) in [7, 11) is 3.68. The first kappa shape index (κ1) is 17.0.